The fourth-order valence-electron chi connectivity index (χ4n) is 1.51. The van der Waals surface area contributed by atoms with Gasteiger partial charge in [-0.2, -0.15) is 0 Å². The molecule has 0 saturated heterocycles. The molecule has 0 aliphatic rings. The lowest BCUT2D eigenvalue weighted by Gasteiger charge is -2.18. The van der Waals surface area contributed by atoms with E-state index in [0.717, 1.165) is 12.1 Å². The Morgan fingerprint density at radius 1 is 1.47 bits per heavy atom. The van der Waals surface area contributed by atoms with Crippen molar-refractivity contribution in [1.29, 1.82) is 0 Å². The molecule has 0 aliphatic heterocycles. The van der Waals surface area contributed by atoms with Gasteiger partial charge in [0.2, 0.25) is 5.91 Å². The maximum absolute atomic E-state index is 11.4. The molecule has 4 nitrogen and oxygen atoms in total. The standard InChI is InChI=1S/C12H18ClN3O/c1-16(2)8-7-15-11(12(14)17)9-5-3-4-6-10(9)13/h3-6,11,15H,7-8H2,1-2H3,(H2,14,17). The van der Waals surface area contributed by atoms with E-state index in [-0.39, 0.29) is 0 Å². The number of carbonyl (C=O) groups is 1. The number of likely N-dealkylation sites (N-methyl/N-ethyl adjacent to an activating group) is 1. The van der Waals surface area contributed by atoms with Gasteiger partial charge in [-0.05, 0) is 25.7 Å². The van der Waals surface area contributed by atoms with Gasteiger partial charge in [0.25, 0.3) is 0 Å². The molecule has 0 heterocycles. The zero-order chi connectivity index (χ0) is 12.8. The number of hydrogen-bond acceptors (Lipinski definition) is 3. The molecule has 0 bridgehead atoms. The van der Waals surface area contributed by atoms with E-state index in [1.165, 1.54) is 0 Å². The molecule has 1 rings (SSSR count). The third-order valence-electron chi connectivity index (χ3n) is 2.41. The van der Waals surface area contributed by atoms with Crippen molar-refractivity contribution in [3.63, 3.8) is 0 Å². The fraction of sp³-hybridized carbons (Fsp3) is 0.417. The molecule has 1 unspecified atom stereocenters. The lowest BCUT2D eigenvalue weighted by molar-refractivity contribution is -0.120. The zero-order valence-corrected chi connectivity index (χ0v) is 10.9. The molecule has 3 N–H and O–H groups in total. The monoisotopic (exact) mass is 255 g/mol. The number of nitrogens with two attached hydrogens (primary N) is 1. The summed E-state index contributed by atoms with van der Waals surface area (Å²) in [6.07, 6.45) is 0. The first kappa shape index (κ1) is 14.0. The summed E-state index contributed by atoms with van der Waals surface area (Å²) < 4.78 is 0. The highest BCUT2D eigenvalue weighted by atomic mass is 35.5. The van der Waals surface area contributed by atoms with Gasteiger partial charge in [0.15, 0.2) is 0 Å². The van der Waals surface area contributed by atoms with Gasteiger partial charge in [0.05, 0.1) is 0 Å². The fourth-order valence-corrected chi connectivity index (χ4v) is 1.75. The van der Waals surface area contributed by atoms with Crippen LogP contribution in [0, 0.1) is 0 Å². The van der Waals surface area contributed by atoms with E-state index in [0.29, 0.717) is 11.6 Å². The average molecular weight is 256 g/mol. The molecule has 0 spiro atoms. The van der Waals surface area contributed by atoms with Crippen molar-refractivity contribution in [2.24, 2.45) is 5.73 Å². The molecule has 1 amide bonds. The Hall–Kier alpha value is -1.10. The Balaban J connectivity index is 2.73. The highest BCUT2D eigenvalue weighted by Gasteiger charge is 2.19. The minimum absolute atomic E-state index is 0.420. The van der Waals surface area contributed by atoms with Gasteiger partial charge in [0, 0.05) is 18.1 Å². The number of primary amides is 1. The summed E-state index contributed by atoms with van der Waals surface area (Å²) >= 11 is 6.05. The third-order valence-corrected chi connectivity index (χ3v) is 2.75. The predicted molar refractivity (Wildman–Crippen MR) is 69.9 cm³/mol. The molecule has 94 valence electrons. The number of halogens is 1. The van der Waals surface area contributed by atoms with E-state index in [1.807, 2.05) is 31.1 Å². The SMILES string of the molecule is CN(C)CCNC(C(N)=O)c1ccccc1Cl. The van der Waals surface area contributed by atoms with Crippen molar-refractivity contribution in [1.82, 2.24) is 10.2 Å². The van der Waals surface area contributed by atoms with Crippen LogP contribution >= 0.6 is 11.6 Å². The second kappa shape index (κ2) is 6.59. The largest absolute Gasteiger partial charge is 0.368 e. The quantitative estimate of drug-likeness (QED) is 0.798. The zero-order valence-electron chi connectivity index (χ0n) is 10.1. The lowest BCUT2D eigenvalue weighted by Crippen LogP contribution is -2.37. The predicted octanol–water partition coefficient (Wildman–Crippen LogP) is 1.02. The number of nitrogens with zero attached hydrogens (tertiary/aromatic N) is 1. The van der Waals surface area contributed by atoms with Crippen LogP contribution in [0.3, 0.4) is 0 Å². The molecule has 5 heteroatoms. The average Bonchev–Trinajstić information content (AvgIpc) is 2.25. The van der Waals surface area contributed by atoms with Gasteiger partial charge in [-0.25, -0.2) is 0 Å². The van der Waals surface area contributed by atoms with Crippen molar-refractivity contribution in [2.45, 2.75) is 6.04 Å². The molecular formula is C12H18ClN3O. The van der Waals surface area contributed by atoms with E-state index in [4.69, 9.17) is 17.3 Å². The van der Waals surface area contributed by atoms with E-state index in [2.05, 4.69) is 5.32 Å². The van der Waals surface area contributed by atoms with Gasteiger partial charge in [-0.3, -0.25) is 4.79 Å². The van der Waals surface area contributed by atoms with Crippen molar-refractivity contribution in [3.8, 4) is 0 Å². The van der Waals surface area contributed by atoms with Crippen LogP contribution in [0.1, 0.15) is 11.6 Å². The van der Waals surface area contributed by atoms with Crippen molar-refractivity contribution < 1.29 is 4.79 Å². The van der Waals surface area contributed by atoms with Crippen molar-refractivity contribution >= 4 is 17.5 Å². The van der Waals surface area contributed by atoms with Gasteiger partial charge in [-0.1, -0.05) is 29.8 Å². The molecule has 1 aromatic carbocycles. The number of amides is 1. The van der Waals surface area contributed by atoms with Crippen LogP contribution in [-0.4, -0.2) is 38.0 Å². The Morgan fingerprint density at radius 2 is 2.12 bits per heavy atom. The van der Waals surface area contributed by atoms with E-state index >= 15 is 0 Å². The van der Waals surface area contributed by atoms with E-state index in [9.17, 15) is 4.79 Å². The van der Waals surface area contributed by atoms with Gasteiger partial charge in [-0.15, -0.1) is 0 Å². The summed E-state index contributed by atoms with van der Waals surface area (Å²) in [5, 5.41) is 3.66. The number of benzene rings is 1. The van der Waals surface area contributed by atoms with Gasteiger partial charge < -0.3 is 16.0 Å². The van der Waals surface area contributed by atoms with Crippen LogP contribution in [0.2, 0.25) is 5.02 Å². The van der Waals surface area contributed by atoms with Crippen LogP contribution in [0.4, 0.5) is 0 Å². The maximum Gasteiger partial charge on any atom is 0.239 e. The number of hydrogen-bond donors (Lipinski definition) is 2. The first-order chi connectivity index (χ1) is 8.02. The molecule has 0 aliphatic carbocycles. The first-order valence-corrected chi connectivity index (χ1v) is 5.82. The van der Waals surface area contributed by atoms with Crippen molar-refractivity contribution in [3.05, 3.63) is 34.9 Å². The highest BCUT2D eigenvalue weighted by molar-refractivity contribution is 6.31. The van der Waals surface area contributed by atoms with Crippen LogP contribution < -0.4 is 11.1 Å². The van der Waals surface area contributed by atoms with Crippen LogP contribution in [0.25, 0.3) is 0 Å². The molecule has 0 radical (unpaired) electrons. The molecule has 0 aromatic heterocycles. The van der Waals surface area contributed by atoms with Crippen molar-refractivity contribution in [2.75, 3.05) is 27.2 Å². The molecular weight excluding hydrogens is 238 g/mol. The first-order valence-electron chi connectivity index (χ1n) is 5.44. The highest BCUT2D eigenvalue weighted by Crippen LogP contribution is 2.22. The summed E-state index contributed by atoms with van der Waals surface area (Å²) in [5.74, 6) is -0.420. The topological polar surface area (TPSA) is 58.4 Å². The Bertz CT molecular complexity index is 382. The third kappa shape index (κ3) is 4.34. The summed E-state index contributed by atoms with van der Waals surface area (Å²) in [6.45, 7) is 1.50. The van der Waals surface area contributed by atoms with Gasteiger partial charge in [0.1, 0.15) is 6.04 Å². The second-order valence-corrected chi connectivity index (χ2v) is 4.52. The lowest BCUT2D eigenvalue weighted by atomic mass is 10.1. The van der Waals surface area contributed by atoms with E-state index in [1.54, 1.807) is 12.1 Å². The number of rotatable bonds is 6. The number of nitrogens with one attached hydrogen (secondary N) is 1. The second-order valence-electron chi connectivity index (χ2n) is 4.11. The maximum atomic E-state index is 11.4. The smallest absolute Gasteiger partial charge is 0.239 e. The molecule has 0 saturated carbocycles. The summed E-state index contributed by atoms with van der Waals surface area (Å²) in [6, 6.07) is 6.68. The minimum atomic E-state index is -0.538. The normalized spacial score (nSPS) is 12.7. The Morgan fingerprint density at radius 3 is 2.65 bits per heavy atom. The minimum Gasteiger partial charge on any atom is -0.368 e. The van der Waals surface area contributed by atoms with E-state index < -0.39 is 11.9 Å². The molecule has 0 fully saturated rings. The summed E-state index contributed by atoms with van der Waals surface area (Å²) in [5.41, 5.74) is 6.10. The molecule has 17 heavy (non-hydrogen) atoms. The Kier molecular flexibility index (Phi) is 5.41. The van der Waals surface area contributed by atoms with Crippen LogP contribution in [0.5, 0.6) is 0 Å². The molecule has 1 aromatic rings. The summed E-state index contributed by atoms with van der Waals surface area (Å²) in [4.78, 5) is 13.4. The number of carbonyl (C=O) groups excluding carboxylic acids is 1. The van der Waals surface area contributed by atoms with Crippen LogP contribution in [0.15, 0.2) is 24.3 Å². The Labute approximate surface area is 107 Å². The summed E-state index contributed by atoms with van der Waals surface area (Å²) in [7, 11) is 3.94. The van der Waals surface area contributed by atoms with Crippen LogP contribution in [-0.2, 0) is 4.79 Å². The molecule has 1 atom stereocenters. The van der Waals surface area contributed by atoms with Gasteiger partial charge >= 0.3 is 0 Å².